The van der Waals surface area contributed by atoms with Gasteiger partial charge in [0.05, 0.1) is 18.1 Å². The number of H-pyrrole nitrogens is 1. The molecule has 0 radical (unpaired) electrons. The molecule has 7 N–H and O–H groups in total. The Balaban J connectivity index is 1.07. The van der Waals surface area contributed by atoms with Gasteiger partial charge in [-0.2, -0.15) is 9.67 Å². The topological polar surface area (TPSA) is 254 Å². The van der Waals surface area contributed by atoms with Crippen molar-refractivity contribution >= 4 is 53.0 Å². The zero-order valence-corrected chi connectivity index (χ0v) is 22.1. The Morgan fingerprint density at radius 2 is 2.10 bits per heavy atom. The number of hydrogen-bond donors (Lipinski definition) is 6. The lowest BCUT2D eigenvalue weighted by molar-refractivity contribution is -0.0541. The van der Waals surface area contributed by atoms with E-state index in [0.717, 1.165) is 4.68 Å². The number of hydrogen-bond acceptors (Lipinski definition) is 15. The lowest BCUT2D eigenvalue weighted by Crippen LogP contribution is -2.25. The average Bonchev–Trinajstić information content (AvgIpc) is 3.50. The highest BCUT2D eigenvalue weighted by Gasteiger charge is 2.74. The second-order valence-electron chi connectivity index (χ2n) is 9.79. The van der Waals surface area contributed by atoms with Crippen molar-refractivity contribution < 1.29 is 33.3 Å². The quantitative estimate of drug-likeness (QED) is 0.114. The molecule has 2 unspecified atom stereocenters. The first-order valence-electron chi connectivity index (χ1n) is 12.1. The molecule has 3 fully saturated rings. The third-order valence-electron chi connectivity index (χ3n) is 7.26. The molecule has 2 aliphatic heterocycles. The van der Waals surface area contributed by atoms with Crippen LogP contribution in [0.1, 0.15) is 25.3 Å². The summed E-state index contributed by atoms with van der Waals surface area (Å²) in [7, 11) is 0. The molecule has 2 saturated heterocycles. The van der Waals surface area contributed by atoms with Crippen LogP contribution < -0.4 is 17.0 Å². The molecule has 6 heterocycles. The zero-order valence-electron chi connectivity index (χ0n) is 20.3. The number of nitrogens with zero attached hydrogens (tertiary/aromatic N) is 7. The molecule has 0 spiro atoms. The summed E-state index contributed by atoms with van der Waals surface area (Å²) in [4.78, 5) is 26.7. The van der Waals surface area contributed by atoms with Crippen LogP contribution in [0.25, 0.3) is 22.2 Å². The summed E-state index contributed by atoms with van der Waals surface area (Å²) in [5, 5.41) is 29.2. The van der Waals surface area contributed by atoms with E-state index in [1.165, 1.54) is 6.33 Å². The number of aromatic amines is 1. The lowest BCUT2D eigenvalue weighted by Gasteiger charge is -2.24. The van der Waals surface area contributed by atoms with Crippen molar-refractivity contribution in [3.63, 3.8) is 0 Å². The number of fused-ring (bicyclic) bond motifs is 3. The number of ether oxygens (including phenoxy) is 2. The molecule has 1 saturated carbocycles. The molecular formula is C20H23N10O8PS. The van der Waals surface area contributed by atoms with Gasteiger partial charge in [0.2, 0.25) is 5.95 Å². The molecule has 0 aromatic carbocycles. The summed E-state index contributed by atoms with van der Waals surface area (Å²) in [5.74, 6) is 0.150. The number of aliphatic hydroxyl groups excluding tert-OH is 1. The normalized spacial score (nSPS) is 33.0. The highest BCUT2D eigenvalue weighted by molar-refractivity contribution is 8.44. The maximum absolute atomic E-state index is 13.4. The molecular weight excluding hydrogens is 571 g/mol. The van der Waals surface area contributed by atoms with Gasteiger partial charge >= 0.3 is 6.80 Å². The van der Waals surface area contributed by atoms with E-state index in [0.29, 0.717) is 16.9 Å². The molecule has 4 aromatic heterocycles. The van der Waals surface area contributed by atoms with E-state index in [4.69, 9.17) is 30.0 Å². The summed E-state index contributed by atoms with van der Waals surface area (Å²) in [6.07, 6.45) is -1.88. The second kappa shape index (κ2) is 8.92. The van der Waals surface area contributed by atoms with Crippen molar-refractivity contribution in [1.29, 1.82) is 0 Å². The Morgan fingerprint density at radius 1 is 1.27 bits per heavy atom. The van der Waals surface area contributed by atoms with Gasteiger partial charge in [-0.25, -0.2) is 14.5 Å². The van der Waals surface area contributed by atoms with Crippen molar-refractivity contribution in [3.8, 4) is 0 Å². The third-order valence-corrected chi connectivity index (χ3v) is 8.86. The fourth-order valence-electron chi connectivity index (χ4n) is 5.32. The predicted molar refractivity (Wildman–Crippen MR) is 138 cm³/mol. The second-order valence-corrected chi connectivity index (χ2v) is 12.6. The highest BCUT2D eigenvalue weighted by atomic mass is 32.7. The highest BCUT2D eigenvalue weighted by Crippen LogP contribution is 2.65. The Hall–Kier alpha value is -3.16. The van der Waals surface area contributed by atoms with Gasteiger partial charge in [-0.3, -0.25) is 18.8 Å². The summed E-state index contributed by atoms with van der Waals surface area (Å²) in [6.45, 7) is -4.51. The van der Waals surface area contributed by atoms with E-state index in [2.05, 4.69) is 42.5 Å². The molecule has 1 aliphatic carbocycles. The van der Waals surface area contributed by atoms with Crippen LogP contribution in [0.5, 0.6) is 0 Å². The van der Waals surface area contributed by atoms with Gasteiger partial charge in [0, 0.05) is 19.0 Å². The Bertz CT molecular complexity index is 1750. The maximum Gasteiger partial charge on any atom is 0.387 e. The van der Waals surface area contributed by atoms with Crippen molar-refractivity contribution in [2.24, 2.45) is 0 Å². The van der Waals surface area contributed by atoms with Crippen molar-refractivity contribution in [3.05, 3.63) is 28.9 Å². The maximum atomic E-state index is 13.4. The number of thiol groups is 1. The largest absolute Gasteiger partial charge is 0.394 e. The number of nitrogens with one attached hydrogen (secondary N) is 1. The summed E-state index contributed by atoms with van der Waals surface area (Å²) < 4.78 is 39.4. The van der Waals surface area contributed by atoms with Crippen LogP contribution in [0.3, 0.4) is 0 Å². The number of nitrogen functional groups attached to an aromatic ring is 2. The van der Waals surface area contributed by atoms with E-state index in [1.54, 1.807) is 16.8 Å². The SMILES string of the molecule is Nc1nc2c(nnn2[C@@H]2O[C@H](CO)C[C@@H]2OP(=O)(S)OC2[C@H]3O[C@@H](n4ccc5c(N)ncnc54)C[C@@]23O)c(=O)[nH]1. The molecule has 8 atom stereocenters. The van der Waals surface area contributed by atoms with E-state index in [1.807, 2.05) is 0 Å². The summed E-state index contributed by atoms with van der Waals surface area (Å²) in [5.41, 5.74) is 9.97. The molecule has 18 nitrogen and oxygen atoms in total. The van der Waals surface area contributed by atoms with E-state index >= 15 is 0 Å². The van der Waals surface area contributed by atoms with Gasteiger partial charge in [-0.05, 0) is 6.07 Å². The Kier molecular flexibility index (Phi) is 5.75. The van der Waals surface area contributed by atoms with Gasteiger partial charge in [-0.1, -0.05) is 17.5 Å². The number of anilines is 2. The molecule has 0 amide bonds. The van der Waals surface area contributed by atoms with E-state index in [-0.39, 0.29) is 36.6 Å². The molecule has 4 aromatic rings. The summed E-state index contributed by atoms with van der Waals surface area (Å²) >= 11 is 4.12. The van der Waals surface area contributed by atoms with Crippen molar-refractivity contribution in [2.75, 3.05) is 18.1 Å². The molecule has 7 rings (SSSR count). The number of rotatable bonds is 7. The van der Waals surface area contributed by atoms with Crippen LogP contribution in [0, 0.1) is 0 Å². The smallest absolute Gasteiger partial charge is 0.387 e. The van der Waals surface area contributed by atoms with Gasteiger partial charge in [0.25, 0.3) is 5.56 Å². The molecule has 212 valence electrons. The average molecular weight is 595 g/mol. The lowest BCUT2D eigenvalue weighted by atomic mass is 10.2. The first kappa shape index (κ1) is 25.8. The minimum Gasteiger partial charge on any atom is -0.394 e. The van der Waals surface area contributed by atoms with Crippen molar-refractivity contribution in [1.82, 2.24) is 39.5 Å². The first-order valence-corrected chi connectivity index (χ1v) is 14.8. The fraction of sp³-hybridized carbons (Fsp3) is 0.500. The van der Waals surface area contributed by atoms with E-state index in [9.17, 15) is 19.6 Å². The number of aromatic nitrogens is 8. The molecule has 40 heavy (non-hydrogen) atoms. The Morgan fingerprint density at radius 3 is 2.85 bits per heavy atom. The molecule has 0 bridgehead atoms. The monoisotopic (exact) mass is 594 g/mol. The van der Waals surface area contributed by atoms with Crippen LogP contribution in [-0.4, -0.2) is 86.3 Å². The first-order chi connectivity index (χ1) is 19.1. The summed E-state index contributed by atoms with van der Waals surface area (Å²) in [6, 6.07) is 1.75. The predicted octanol–water partition coefficient (Wildman–Crippen LogP) is -0.756. The molecule has 3 aliphatic rings. The van der Waals surface area contributed by atoms with Gasteiger partial charge in [0.1, 0.15) is 47.9 Å². The fourth-order valence-corrected chi connectivity index (χ4v) is 7.15. The van der Waals surface area contributed by atoms with Gasteiger partial charge in [-0.15, -0.1) is 5.10 Å². The minimum absolute atomic E-state index is 0.00314. The standard InChI is InChI=1S/C20H23N10O8PS/c21-14-8-1-2-29(15(8)24-6-23-14)10-4-20(33)12(36-10)13(20)38-39(34,40)37-9-3-7(5-31)35-18(9)30-16-11(27-28-30)17(32)26-19(22)25-16/h1-2,6-7,9-10,12-13,18,31,33H,3-5H2,(H,34,40)(H2,21,23,24)(H3,22,25,26,32)/t7-,9-,10+,12+,13?,18+,20-,39?/m0/s1. The van der Waals surface area contributed by atoms with Gasteiger partial charge in [0.15, 0.2) is 17.4 Å². The zero-order chi connectivity index (χ0) is 28.0. The van der Waals surface area contributed by atoms with Gasteiger partial charge < -0.3 is 35.7 Å². The third kappa shape index (κ3) is 4.00. The molecule has 20 heteroatoms. The van der Waals surface area contributed by atoms with E-state index < -0.39 is 54.8 Å². The van der Waals surface area contributed by atoms with Crippen LogP contribution in [0.2, 0.25) is 0 Å². The Labute approximate surface area is 228 Å². The number of nitrogens with two attached hydrogens (primary N) is 2. The minimum atomic E-state index is -4.14. The van der Waals surface area contributed by atoms with Crippen LogP contribution in [0.15, 0.2) is 23.4 Å². The van der Waals surface area contributed by atoms with Crippen LogP contribution in [0.4, 0.5) is 11.8 Å². The van der Waals surface area contributed by atoms with Crippen LogP contribution in [-0.2, 0) is 23.1 Å². The number of aliphatic hydroxyl groups is 2. The van der Waals surface area contributed by atoms with Crippen LogP contribution >= 0.6 is 19.0 Å². The van der Waals surface area contributed by atoms with Crippen molar-refractivity contribution in [2.45, 2.75) is 55.3 Å².